The second-order valence-corrected chi connectivity index (χ2v) is 2.48. The Morgan fingerprint density at radius 3 is 3.00 bits per heavy atom. The molecule has 1 N–H and O–H groups in total. The van der Waals surface area contributed by atoms with Gasteiger partial charge in [-0.2, -0.15) is 9.37 Å². The van der Waals surface area contributed by atoms with Crippen LogP contribution in [0, 0.1) is 5.82 Å². The number of methoxy groups -OCH3 is 1. The molecule has 4 nitrogen and oxygen atoms in total. The standard InChI is InChI=1S/C8H12FN3O/c1-3-4-10-8-11-5-6(9)7(12-8)13-2/h5H,3-4H2,1-2H3,(H,10,11,12). The van der Waals surface area contributed by atoms with Crippen molar-refractivity contribution in [2.24, 2.45) is 0 Å². The third kappa shape index (κ3) is 2.54. The quantitative estimate of drug-likeness (QED) is 0.771. The van der Waals surface area contributed by atoms with E-state index in [1.54, 1.807) is 0 Å². The van der Waals surface area contributed by atoms with Gasteiger partial charge in [-0.05, 0) is 6.42 Å². The molecule has 1 aromatic rings. The molecule has 0 radical (unpaired) electrons. The van der Waals surface area contributed by atoms with E-state index in [-0.39, 0.29) is 5.88 Å². The summed E-state index contributed by atoms with van der Waals surface area (Å²) < 4.78 is 17.5. The number of halogens is 1. The highest BCUT2D eigenvalue weighted by molar-refractivity contribution is 5.27. The number of nitrogens with zero attached hydrogens (tertiary/aromatic N) is 2. The first-order chi connectivity index (χ1) is 6.27. The Labute approximate surface area is 76.2 Å². The van der Waals surface area contributed by atoms with E-state index in [1.165, 1.54) is 7.11 Å². The molecule has 1 heterocycles. The second kappa shape index (κ2) is 4.59. The normalized spacial score (nSPS) is 9.77. The molecule has 0 amide bonds. The first-order valence-electron chi connectivity index (χ1n) is 4.08. The van der Waals surface area contributed by atoms with Crippen molar-refractivity contribution in [2.75, 3.05) is 19.0 Å². The molecule has 0 saturated heterocycles. The molecule has 0 aliphatic carbocycles. The van der Waals surface area contributed by atoms with Crippen LogP contribution in [0.4, 0.5) is 10.3 Å². The number of anilines is 1. The summed E-state index contributed by atoms with van der Waals surface area (Å²) in [6.07, 6.45) is 2.05. The maximum atomic E-state index is 12.8. The molecular weight excluding hydrogens is 173 g/mol. The lowest BCUT2D eigenvalue weighted by Gasteiger charge is -2.04. The Kier molecular flexibility index (Phi) is 3.42. The van der Waals surface area contributed by atoms with E-state index >= 15 is 0 Å². The number of hydrogen-bond acceptors (Lipinski definition) is 4. The van der Waals surface area contributed by atoms with Crippen molar-refractivity contribution in [1.82, 2.24) is 9.97 Å². The van der Waals surface area contributed by atoms with Crippen LogP contribution in [-0.4, -0.2) is 23.6 Å². The summed E-state index contributed by atoms with van der Waals surface area (Å²) in [7, 11) is 1.37. The van der Waals surface area contributed by atoms with Crippen LogP contribution in [0.25, 0.3) is 0 Å². The predicted octanol–water partition coefficient (Wildman–Crippen LogP) is 1.45. The van der Waals surface area contributed by atoms with Gasteiger partial charge in [-0.15, -0.1) is 0 Å². The van der Waals surface area contributed by atoms with Gasteiger partial charge < -0.3 is 10.1 Å². The maximum absolute atomic E-state index is 12.8. The molecule has 0 saturated carbocycles. The first-order valence-corrected chi connectivity index (χ1v) is 4.08. The molecule has 5 heteroatoms. The number of aromatic nitrogens is 2. The summed E-state index contributed by atoms with van der Waals surface area (Å²) in [5.74, 6) is -0.196. The Bertz CT molecular complexity index is 280. The van der Waals surface area contributed by atoms with E-state index in [9.17, 15) is 4.39 Å². The molecule has 0 aliphatic rings. The third-order valence-corrected chi connectivity index (χ3v) is 1.44. The highest BCUT2D eigenvalue weighted by atomic mass is 19.1. The van der Waals surface area contributed by atoms with Crippen molar-refractivity contribution in [3.05, 3.63) is 12.0 Å². The zero-order valence-corrected chi connectivity index (χ0v) is 7.67. The van der Waals surface area contributed by atoms with Gasteiger partial charge in [0, 0.05) is 6.54 Å². The number of hydrogen-bond donors (Lipinski definition) is 1. The fourth-order valence-electron chi connectivity index (χ4n) is 0.817. The van der Waals surface area contributed by atoms with Gasteiger partial charge in [0.1, 0.15) is 0 Å². The van der Waals surface area contributed by atoms with Crippen LogP contribution in [0.1, 0.15) is 13.3 Å². The molecule has 13 heavy (non-hydrogen) atoms. The highest BCUT2D eigenvalue weighted by Gasteiger charge is 2.05. The Hall–Kier alpha value is -1.39. The van der Waals surface area contributed by atoms with Crippen molar-refractivity contribution in [3.8, 4) is 5.88 Å². The third-order valence-electron chi connectivity index (χ3n) is 1.44. The molecule has 0 aliphatic heterocycles. The van der Waals surface area contributed by atoms with Crippen LogP contribution in [0.2, 0.25) is 0 Å². The molecule has 0 atom stereocenters. The van der Waals surface area contributed by atoms with E-state index in [0.29, 0.717) is 5.95 Å². The van der Waals surface area contributed by atoms with Crippen molar-refractivity contribution in [3.63, 3.8) is 0 Å². The predicted molar refractivity (Wildman–Crippen MR) is 47.3 cm³/mol. The van der Waals surface area contributed by atoms with Gasteiger partial charge in [0.2, 0.25) is 11.8 Å². The molecule has 1 aromatic heterocycles. The zero-order valence-electron chi connectivity index (χ0n) is 7.67. The fraction of sp³-hybridized carbons (Fsp3) is 0.500. The minimum Gasteiger partial charge on any atom is -0.479 e. The van der Waals surface area contributed by atoms with Crippen LogP contribution in [0.15, 0.2) is 6.20 Å². The van der Waals surface area contributed by atoms with Gasteiger partial charge in [-0.25, -0.2) is 4.98 Å². The zero-order chi connectivity index (χ0) is 9.68. The summed E-state index contributed by atoms with van der Waals surface area (Å²) >= 11 is 0. The molecule has 0 fully saturated rings. The summed E-state index contributed by atoms with van der Waals surface area (Å²) in [4.78, 5) is 7.56. The van der Waals surface area contributed by atoms with Gasteiger partial charge in [0.25, 0.3) is 5.88 Å². The highest BCUT2D eigenvalue weighted by Crippen LogP contribution is 2.13. The lowest BCUT2D eigenvalue weighted by Crippen LogP contribution is -2.05. The molecule has 0 spiro atoms. The van der Waals surface area contributed by atoms with Crippen LogP contribution >= 0.6 is 0 Å². The fourth-order valence-corrected chi connectivity index (χ4v) is 0.817. The van der Waals surface area contributed by atoms with Gasteiger partial charge in [0.05, 0.1) is 13.3 Å². The molecule has 72 valence electrons. The van der Waals surface area contributed by atoms with E-state index in [2.05, 4.69) is 15.3 Å². The molecule has 0 unspecified atom stereocenters. The number of rotatable bonds is 4. The molecule has 1 rings (SSSR count). The van der Waals surface area contributed by atoms with Crippen LogP contribution in [-0.2, 0) is 0 Å². The van der Waals surface area contributed by atoms with E-state index in [4.69, 9.17) is 4.74 Å². The van der Waals surface area contributed by atoms with Gasteiger partial charge in [-0.1, -0.05) is 6.92 Å². The second-order valence-electron chi connectivity index (χ2n) is 2.48. The van der Waals surface area contributed by atoms with Gasteiger partial charge in [0.15, 0.2) is 0 Å². The molecule has 0 aromatic carbocycles. The van der Waals surface area contributed by atoms with Crippen molar-refractivity contribution >= 4 is 5.95 Å². The van der Waals surface area contributed by atoms with Crippen molar-refractivity contribution in [2.45, 2.75) is 13.3 Å². The Morgan fingerprint density at radius 1 is 1.62 bits per heavy atom. The van der Waals surface area contributed by atoms with Crippen LogP contribution < -0.4 is 10.1 Å². The lowest BCUT2D eigenvalue weighted by atomic mass is 10.5. The Balaban J connectivity index is 2.74. The minimum atomic E-state index is -0.551. The van der Waals surface area contributed by atoms with Gasteiger partial charge >= 0.3 is 0 Å². The van der Waals surface area contributed by atoms with Crippen molar-refractivity contribution < 1.29 is 9.13 Å². The van der Waals surface area contributed by atoms with E-state index in [0.717, 1.165) is 19.2 Å². The first kappa shape index (κ1) is 9.70. The lowest BCUT2D eigenvalue weighted by molar-refractivity contribution is 0.368. The Morgan fingerprint density at radius 2 is 2.38 bits per heavy atom. The smallest absolute Gasteiger partial charge is 0.255 e. The van der Waals surface area contributed by atoms with E-state index < -0.39 is 5.82 Å². The summed E-state index contributed by atoms with van der Waals surface area (Å²) in [5, 5.41) is 2.93. The largest absolute Gasteiger partial charge is 0.479 e. The number of nitrogens with one attached hydrogen (secondary N) is 1. The average Bonchev–Trinajstić information content (AvgIpc) is 2.16. The monoisotopic (exact) mass is 185 g/mol. The molecule has 0 bridgehead atoms. The van der Waals surface area contributed by atoms with Crippen LogP contribution in [0.5, 0.6) is 5.88 Å². The minimum absolute atomic E-state index is 0.0337. The van der Waals surface area contributed by atoms with Crippen molar-refractivity contribution in [1.29, 1.82) is 0 Å². The average molecular weight is 185 g/mol. The number of ether oxygens (including phenoxy) is 1. The topological polar surface area (TPSA) is 47.0 Å². The summed E-state index contributed by atoms with van der Waals surface area (Å²) in [6.45, 7) is 2.78. The summed E-state index contributed by atoms with van der Waals surface area (Å²) in [5.41, 5.74) is 0. The van der Waals surface area contributed by atoms with E-state index in [1.807, 2.05) is 6.92 Å². The van der Waals surface area contributed by atoms with Crippen LogP contribution in [0.3, 0.4) is 0 Å². The maximum Gasteiger partial charge on any atom is 0.255 e. The summed E-state index contributed by atoms with van der Waals surface area (Å²) in [6, 6.07) is 0. The molecular formula is C8H12FN3O. The SMILES string of the molecule is CCCNc1ncc(F)c(OC)n1. The van der Waals surface area contributed by atoms with Gasteiger partial charge in [-0.3, -0.25) is 0 Å².